The van der Waals surface area contributed by atoms with E-state index in [4.69, 9.17) is 9.72 Å². The molecule has 2 fully saturated rings. The van der Waals surface area contributed by atoms with Crippen LogP contribution in [0.5, 0.6) is 5.88 Å². The highest BCUT2D eigenvalue weighted by molar-refractivity contribution is 7.90. The molecule has 2 aliphatic heterocycles. The number of halogens is 3. The fourth-order valence-corrected chi connectivity index (χ4v) is 7.37. The molecule has 0 radical (unpaired) electrons. The third-order valence-electron chi connectivity index (χ3n) is 9.23. The van der Waals surface area contributed by atoms with Gasteiger partial charge in [0, 0.05) is 30.9 Å². The summed E-state index contributed by atoms with van der Waals surface area (Å²) in [5.41, 5.74) is -1.98. The lowest BCUT2D eigenvalue weighted by Crippen LogP contribution is -2.41. The predicted octanol–water partition coefficient (Wildman–Crippen LogP) is 5.48. The van der Waals surface area contributed by atoms with E-state index >= 15 is 0 Å². The lowest BCUT2D eigenvalue weighted by Gasteiger charge is -2.34. The van der Waals surface area contributed by atoms with Crippen LogP contribution in [-0.2, 0) is 10.0 Å². The van der Waals surface area contributed by atoms with Crippen molar-refractivity contribution in [2.24, 2.45) is 11.3 Å². The molecule has 0 spiro atoms. The quantitative estimate of drug-likeness (QED) is 0.365. The minimum Gasteiger partial charge on any atom is -0.477 e. The third-order valence-corrected chi connectivity index (χ3v) is 10.5. The lowest BCUT2D eigenvalue weighted by molar-refractivity contribution is -0.190. The molecular formula is C31H38F3N7O4S. The van der Waals surface area contributed by atoms with E-state index in [1.807, 2.05) is 4.90 Å². The van der Waals surface area contributed by atoms with Crippen molar-refractivity contribution in [1.29, 1.82) is 0 Å². The number of nitrogens with one attached hydrogen (secondary N) is 2. The summed E-state index contributed by atoms with van der Waals surface area (Å²) in [6.45, 7) is 5.30. The molecule has 46 heavy (non-hydrogen) atoms. The Bertz CT molecular complexity index is 1710. The number of amides is 1. The van der Waals surface area contributed by atoms with Crippen LogP contribution in [0.15, 0.2) is 47.6 Å². The number of alkyl halides is 3. The van der Waals surface area contributed by atoms with Gasteiger partial charge in [-0.25, -0.2) is 19.4 Å². The van der Waals surface area contributed by atoms with Gasteiger partial charge < -0.3 is 15.0 Å². The van der Waals surface area contributed by atoms with Crippen LogP contribution in [0.1, 0.15) is 75.6 Å². The molecule has 1 saturated carbocycles. The number of ether oxygens (including phenoxy) is 1. The second-order valence-electron chi connectivity index (χ2n) is 13.1. The van der Waals surface area contributed by atoms with Gasteiger partial charge in [-0.05, 0) is 82.6 Å². The fraction of sp³-hybridized carbons (Fsp3) is 0.548. The van der Waals surface area contributed by atoms with Gasteiger partial charge in [0.1, 0.15) is 11.6 Å². The lowest BCUT2D eigenvalue weighted by atomic mass is 9.92. The number of hydrogen-bond acceptors (Lipinski definition) is 9. The third kappa shape index (κ3) is 6.65. The number of nitrogens with zero attached hydrogens (tertiary/aromatic N) is 5. The van der Waals surface area contributed by atoms with Gasteiger partial charge in [-0.3, -0.25) is 4.79 Å². The molecule has 15 heteroatoms. The molecular weight excluding hydrogens is 623 g/mol. The van der Waals surface area contributed by atoms with Gasteiger partial charge in [-0.15, -0.1) is 5.10 Å². The van der Waals surface area contributed by atoms with Gasteiger partial charge in [0.2, 0.25) is 5.88 Å². The number of pyridine rings is 2. The monoisotopic (exact) mass is 661 g/mol. The van der Waals surface area contributed by atoms with Gasteiger partial charge in [-0.1, -0.05) is 18.9 Å². The standard InChI is InChI=1S/C31H38F3N7O4S/c1-29(2)19-21-7-4-3-5-16-35-23-8-6-9-26(36-23)46(43,44)39-28(42)22-10-11-24(37-27(22)40(29)20-21)41-17-12-25(38-41)45-18-15-30(13-14-30)31(32,33)34/h6,8-12,17,21H,3-5,7,13-16,18-20H2,1-2H3,(H,35,36)(H,39,42). The molecule has 1 amide bonds. The van der Waals surface area contributed by atoms with Crippen molar-refractivity contribution in [2.75, 3.05) is 29.9 Å². The number of fused-ring (bicyclic) bond motifs is 6. The number of rotatable bonds is 5. The van der Waals surface area contributed by atoms with E-state index < -0.39 is 27.5 Å². The number of carbonyl (C=O) groups is 1. The van der Waals surface area contributed by atoms with Crippen LogP contribution in [0.4, 0.5) is 24.8 Å². The van der Waals surface area contributed by atoms with E-state index in [1.165, 1.54) is 22.9 Å². The largest absolute Gasteiger partial charge is 0.477 e. The Morgan fingerprint density at radius 3 is 2.63 bits per heavy atom. The molecule has 0 aromatic carbocycles. The predicted molar refractivity (Wildman–Crippen MR) is 165 cm³/mol. The zero-order chi connectivity index (χ0) is 32.7. The van der Waals surface area contributed by atoms with Gasteiger partial charge in [0.15, 0.2) is 10.8 Å². The van der Waals surface area contributed by atoms with Crippen LogP contribution in [-0.4, -0.2) is 65.5 Å². The molecule has 1 aliphatic carbocycles. The summed E-state index contributed by atoms with van der Waals surface area (Å²) < 4.78 is 75.6. The summed E-state index contributed by atoms with van der Waals surface area (Å²) in [5.74, 6) is 0.705. The molecule has 11 nitrogen and oxygen atoms in total. The Morgan fingerprint density at radius 1 is 1.07 bits per heavy atom. The maximum absolute atomic E-state index is 13.7. The Labute approximate surface area is 266 Å². The SMILES string of the molecule is CC1(C)CC2CCCCCNc3cccc(n3)S(=O)(=O)NC(=O)c3ccc(-n4ccc(OCCC5(C(F)(F)F)CC5)n4)nc3N1C2. The molecule has 5 heterocycles. The van der Waals surface area contributed by atoms with E-state index in [0.29, 0.717) is 36.5 Å². The Morgan fingerprint density at radius 2 is 1.87 bits per heavy atom. The molecule has 6 rings (SSSR count). The summed E-state index contributed by atoms with van der Waals surface area (Å²) in [4.78, 5) is 24.7. The molecule has 3 aromatic heterocycles. The minimum absolute atomic E-state index is 0.0742. The summed E-state index contributed by atoms with van der Waals surface area (Å²) in [6.07, 6.45) is 2.20. The maximum Gasteiger partial charge on any atom is 0.394 e. The smallest absolute Gasteiger partial charge is 0.394 e. The average molecular weight is 662 g/mol. The average Bonchev–Trinajstić information content (AvgIpc) is 3.54. The second-order valence-corrected chi connectivity index (χ2v) is 14.7. The maximum atomic E-state index is 13.7. The van der Waals surface area contributed by atoms with Gasteiger partial charge in [0.25, 0.3) is 15.9 Å². The molecule has 3 aromatic rings. The second kappa shape index (κ2) is 12.0. The summed E-state index contributed by atoms with van der Waals surface area (Å²) in [7, 11) is -4.31. The normalized spacial score (nSPS) is 22.2. The summed E-state index contributed by atoms with van der Waals surface area (Å²) >= 11 is 0. The number of aromatic nitrogens is 4. The highest BCUT2D eigenvalue weighted by Gasteiger charge is 2.62. The molecule has 1 unspecified atom stereocenters. The van der Waals surface area contributed by atoms with E-state index in [2.05, 4.69) is 34.0 Å². The van der Waals surface area contributed by atoms with Crippen molar-refractivity contribution in [3.05, 3.63) is 48.2 Å². The first kappa shape index (κ1) is 32.1. The van der Waals surface area contributed by atoms with Crippen molar-refractivity contribution < 1.29 is 31.1 Å². The molecule has 4 bridgehead atoms. The Kier molecular flexibility index (Phi) is 8.40. The van der Waals surface area contributed by atoms with Crippen LogP contribution in [0.25, 0.3) is 5.82 Å². The van der Waals surface area contributed by atoms with Crippen molar-refractivity contribution in [3.8, 4) is 11.7 Å². The zero-order valence-corrected chi connectivity index (χ0v) is 26.6. The zero-order valence-electron chi connectivity index (χ0n) is 25.8. The van der Waals surface area contributed by atoms with Crippen molar-refractivity contribution in [1.82, 2.24) is 24.5 Å². The first-order valence-corrected chi connectivity index (χ1v) is 17.1. The number of carbonyl (C=O) groups excluding carboxylic acids is 1. The molecule has 1 atom stereocenters. The van der Waals surface area contributed by atoms with Crippen LogP contribution in [0.3, 0.4) is 0 Å². The number of hydrogen-bond donors (Lipinski definition) is 2. The van der Waals surface area contributed by atoms with E-state index in [1.54, 1.807) is 24.4 Å². The van der Waals surface area contributed by atoms with Crippen molar-refractivity contribution in [2.45, 2.75) is 82.0 Å². The molecule has 3 aliphatic rings. The van der Waals surface area contributed by atoms with Crippen LogP contribution in [0.2, 0.25) is 0 Å². The Hall–Kier alpha value is -3.88. The first-order valence-electron chi connectivity index (χ1n) is 15.6. The molecule has 248 valence electrons. The Balaban J connectivity index is 1.30. The van der Waals surface area contributed by atoms with Crippen LogP contribution < -0.4 is 19.7 Å². The number of sulfonamides is 1. The fourth-order valence-electron chi connectivity index (χ4n) is 6.43. The first-order chi connectivity index (χ1) is 21.8. The van der Waals surface area contributed by atoms with Crippen LogP contribution in [0, 0.1) is 11.3 Å². The summed E-state index contributed by atoms with van der Waals surface area (Å²) in [5, 5.41) is 7.25. The molecule has 2 N–H and O–H groups in total. The number of anilines is 2. The van der Waals surface area contributed by atoms with Crippen LogP contribution >= 0.6 is 0 Å². The summed E-state index contributed by atoms with van der Waals surface area (Å²) in [6, 6.07) is 9.17. The van der Waals surface area contributed by atoms with E-state index in [0.717, 1.165) is 32.1 Å². The highest BCUT2D eigenvalue weighted by atomic mass is 32.2. The van der Waals surface area contributed by atoms with E-state index in [-0.39, 0.29) is 47.9 Å². The molecule has 1 saturated heterocycles. The van der Waals surface area contributed by atoms with Gasteiger partial charge in [-0.2, -0.15) is 21.6 Å². The van der Waals surface area contributed by atoms with E-state index in [9.17, 15) is 26.4 Å². The topological polar surface area (TPSA) is 131 Å². The van der Waals surface area contributed by atoms with Gasteiger partial charge in [0.05, 0.1) is 17.6 Å². The van der Waals surface area contributed by atoms with Crippen molar-refractivity contribution in [3.63, 3.8) is 0 Å². The highest BCUT2D eigenvalue weighted by Crippen LogP contribution is 2.59. The minimum atomic E-state index is -4.31. The van der Waals surface area contributed by atoms with Crippen molar-refractivity contribution >= 4 is 27.6 Å². The van der Waals surface area contributed by atoms with Gasteiger partial charge >= 0.3 is 6.18 Å².